The van der Waals surface area contributed by atoms with Gasteiger partial charge in [0.2, 0.25) is 0 Å². The molecule has 112 valence electrons. The lowest BCUT2D eigenvalue weighted by Gasteiger charge is -2.12. The second-order valence-electron chi connectivity index (χ2n) is 5.65. The van der Waals surface area contributed by atoms with Crippen LogP contribution in [0.2, 0.25) is 0 Å². The average molecular weight is 313 g/mol. The molecule has 2 atom stereocenters. The van der Waals surface area contributed by atoms with Gasteiger partial charge in [0.15, 0.2) is 5.78 Å². The van der Waals surface area contributed by atoms with Gasteiger partial charge in [-0.3, -0.25) is 4.79 Å². The van der Waals surface area contributed by atoms with Gasteiger partial charge in [-0.15, -0.1) is 23.1 Å². The maximum absolute atomic E-state index is 11.9. The molecule has 0 saturated heterocycles. The predicted molar refractivity (Wildman–Crippen MR) is 90.1 cm³/mol. The molecule has 1 aliphatic rings. The van der Waals surface area contributed by atoms with E-state index in [-0.39, 0.29) is 5.78 Å². The summed E-state index contributed by atoms with van der Waals surface area (Å²) in [5.74, 6) is 1.76. The number of ketones is 1. The summed E-state index contributed by atoms with van der Waals surface area (Å²) in [6, 6.07) is 0. The van der Waals surface area contributed by atoms with E-state index in [9.17, 15) is 4.79 Å². The van der Waals surface area contributed by atoms with Crippen LogP contribution < -0.4 is 11.1 Å². The second-order valence-corrected chi connectivity index (χ2v) is 7.49. The van der Waals surface area contributed by atoms with Crippen molar-refractivity contribution >= 4 is 39.6 Å². The molecule has 0 aromatic carbocycles. The smallest absolute Gasteiger partial charge is 0.174 e. The van der Waals surface area contributed by atoms with Crippen molar-refractivity contribution in [1.82, 2.24) is 0 Å². The first-order valence-corrected chi connectivity index (χ1v) is 9.34. The number of thiophene rings is 1. The Hall–Kier alpha value is -0.680. The number of anilines is 2. The van der Waals surface area contributed by atoms with Crippen molar-refractivity contribution in [3.05, 3.63) is 4.88 Å². The largest absolute Gasteiger partial charge is 0.396 e. The predicted octanol–water partition coefficient (Wildman–Crippen LogP) is 4.49. The Morgan fingerprint density at radius 1 is 1.50 bits per heavy atom. The zero-order valence-corrected chi connectivity index (χ0v) is 14.1. The number of thioether (sulfide) groups is 1. The van der Waals surface area contributed by atoms with Crippen LogP contribution in [0.5, 0.6) is 0 Å². The third-order valence-electron chi connectivity index (χ3n) is 4.03. The molecule has 2 rings (SSSR count). The van der Waals surface area contributed by atoms with E-state index in [1.165, 1.54) is 30.6 Å². The number of nitrogen functional groups attached to an aromatic ring is 1. The highest BCUT2D eigenvalue weighted by Gasteiger charge is 2.23. The fourth-order valence-electron chi connectivity index (χ4n) is 2.86. The topological polar surface area (TPSA) is 55.1 Å². The van der Waals surface area contributed by atoms with E-state index >= 15 is 0 Å². The van der Waals surface area contributed by atoms with E-state index in [2.05, 4.69) is 12.2 Å². The fourth-order valence-corrected chi connectivity index (χ4v) is 4.91. The third kappa shape index (κ3) is 3.31. The first-order valence-electron chi connectivity index (χ1n) is 7.30. The number of hydrogen-bond donors (Lipinski definition) is 2. The van der Waals surface area contributed by atoms with Crippen molar-refractivity contribution in [1.29, 1.82) is 0 Å². The molecule has 0 bridgehead atoms. The summed E-state index contributed by atoms with van der Waals surface area (Å²) in [7, 11) is 0. The molecule has 1 saturated carbocycles. The molecule has 1 aromatic heterocycles. The van der Waals surface area contributed by atoms with Crippen molar-refractivity contribution in [3.8, 4) is 0 Å². The van der Waals surface area contributed by atoms with Gasteiger partial charge in [0.1, 0.15) is 5.00 Å². The van der Waals surface area contributed by atoms with Crippen LogP contribution in [0.3, 0.4) is 0 Å². The van der Waals surface area contributed by atoms with Gasteiger partial charge in [0.05, 0.1) is 15.5 Å². The molecule has 3 nitrogen and oxygen atoms in total. The lowest BCUT2D eigenvalue weighted by atomic mass is 10.1. The summed E-state index contributed by atoms with van der Waals surface area (Å²) in [6.45, 7) is 5.21. The van der Waals surface area contributed by atoms with Gasteiger partial charge in [-0.2, -0.15) is 0 Å². The molecule has 0 aliphatic heterocycles. The number of rotatable bonds is 6. The minimum absolute atomic E-state index is 0.144. The van der Waals surface area contributed by atoms with E-state index in [1.54, 1.807) is 11.8 Å². The van der Waals surface area contributed by atoms with Gasteiger partial charge in [0.25, 0.3) is 0 Å². The summed E-state index contributed by atoms with van der Waals surface area (Å²) in [4.78, 5) is 13.7. The number of nitrogens with two attached hydrogens (primary N) is 1. The van der Waals surface area contributed by atoms with Gasteiger partial charge in [-0.05, 0) is 30.9 Å². The Labute approximate surface area is 129 Å². The number of Topliss-reactive ketones (excluding diaryl/α,β-unsaturated/α-hetero) is 1. The van der Waals surface area contributed by atoms with Gasteiger partial charge in [0, 0.05) is 13.0 Å². The van der Waals surface area contributed by atoms with Gasteiger partial charge < -0.3 is 11.1 Å². The van der Waals surface area contributed by atoms with Crippen LogP contribution in [0.1, 0.15) is 49.2 Å². The molecule has 3 N–H and O–H groups in total. The van der Waals surface area contributed by atoms with Gasteiger partial charge in [-0.25, -0.2) is 0 Å². The lowest BCUT2D eigenvalue weighted by Crippen LogP contribution is -2.11. The quantitative estimate of drug-likeness (QED) is 0.600. The van der Waals surface area contributed by atoms with Crippen LogP contribution in [0.15, 0.2) is 4.90 Å². The average Bonchev–Trinajstić information content (AvgIpc) is 2.99. The molecule has 1 fully saturated rings. The Balaban J connectivity index is 2.08. The third-order valence-corrected chi connectivity index (χ3v) is 6.20. The van der Waals surface area contributed by atoms with E-state index in [0.29, 0.717) is 12.1 Å². The molecule has 1 aromatic rings. The van der Waals surface area contributed by atoms with Gasteiger partial charge >= 0.3 is 0 Å². The highest BCUT2D eigenvalue weighted by molar-refractivity contribution is 7.99. The zero-order valence-electron chi connectivity index (χ0n) is 12.5. The SMILES string of the molecule is CCC(=O)c1sc(NCC2CCC(C)C2)c(SC)c1N. The summed E-state index contributed by atoms with van der Waals surface area (Å²) in [5.41, 5.74) is 6.79. The molecule has 1 heterocycles. The number of hydrogen-bond acceptors (Lipinski definition) is 5. The second kappa shape index (κ2) is 6.85. The van der Waals surface area contributed by atoms with E-state index in [0.717, 1.165) is 33.2 Å². The first-order chi connectivity index (χ1) is 9.56. The summed E-state index contributed by atoms with van der Waals surface area (Å²) < 4.78 is 0. The zero-order chi connectivity index (χ0) is 14.7. The van der Waals surface area contributed by atoms with Crippen LogP contribution in [-0.2, 0) is 0 Å². The first kappa shape index (κ1) is 15.7. The number of carbonyl (C=O) groups is 1. The Kier molecular flexibility index (Phi) is 5.38. The van der Waals surface area contributed by atoms with Crippen LogP contribution in [0, 0.1) is 11.8 Å². The molecule has 2 unspecified atom stereocenters. The maximum Gasteiger partial charge on any atom is 0.174 e. The van der Waals surface area contributed by atoms with Crippen molar-refractivity contribution in [2.45, 2.75) is 44.4 Å². The van der Waals surface area contributed by atoms with Crippen LogP contribution in [0.25, 0.3) is 0 Å². The Morgan fingerprint density at radius 2 is 2.25 bits per heavy atom. The van der Waals surface area contributed by atoms with Crippen molar-refractivity contribution < 1.29 is 4.79 Å². The normalized spacial score (nSPS) is 22.1. The standard InChI is InChI=1S/C15H24N2OS2/c1-4-11(18)13-12(16)14(19-3)15(20-13)17-8-10-6-5-9(2)7-10/h9-10,17H,4-8,16H2,1-3H3. The maximum atomic E-state index is 11.9. The molecule has 0 spiro atoms. The highest BCUT2D eigenvalue weighted by Crippen LogP contribution is 2.42. The molecule has 5 heteroatoms. The molecular formula is C15H24N2OS2. The lowest BCUT2D eigenvalue weighted by molar-refractivity contribution is 0.0992. The van der Waals surface area contributed by atoms with E-state index in [4.69, 9.17) is 5.73 Å². The minimum atomic E-state index is 0.144. The highest BCUT2D eigenvalue weighted by atomic mass is 32.2. The van der Waals surface area contributed by atoms with Gasteiger partial charge in [-0.1, -0.05) is 20.3 Å². The summed E-state index contributed by atoms with van der Waals surface area (Å²) in [6.07, 6.45) is 6.49. The molecule has 1 aliphatic carbocycles. The van der Waals surface area contributed by atoms with Crippen LogP contribution >= 0.6 is 23.1 Å². The fraction of sp³-hybridized carbons (Fsp3) is 0.667. The molecule has 0 radical (unpaired) electrons. The Bertz CT molecular complexity index is 484. The summed E-state index contributed by atoms with van der Waals surface area (Å²) >= 11 is 3.15. The van der Waals surface area contributed by atoms with E-state index in [1.807, 2.05) is 13.2 Å². The van der Waals surface area contributed by atoms with Crippen LogP contribution in [-0.4, -0.2) is 18.6 Å². The molecular weight excluding hydrogens is 288 g/mol. The van der Waals surface area contributed by atoms with Crippen molar-refractivity contribution in [3.63, 3.8) is 0 Å². The van der Waals surface area contributed by atoms with E-state index < -0.39 is 0 Å². The van der Waals surface area contributed by atoms with Crippen LogP contribution in [0.4, 0.5) is 10.7 Å². The number of carbonyl (C=O) groups excluding carboxylic acids is 1. The minimum Gasteiger partial charge on any atom is -0.396 e. The summed E-state index contributed by atoms with van der Waals surface area (Å²) in [5, 5.41) is 4.61. The monoisotopic (exact) mass is 312 g/mol. The Morgan fingerprint density at radius 3 is 2.80 bits per heavy atom. The van der Waals surface area contributed by atoms with Crippen molar-refractivity contribution in [2.75, 3.05) is 23.9 Å². The van der Waals surface area contributed by atoms with Crippen molar-refractivity contribution in [2.24, 2.45) is 11.8 Å². The molecule has 0 amide bonds. The molecule has 20 heavy (non-hydrogen) atoms. The number of nitrogens with one attached hydrogen (secondary N) is 1.